The molecule has 1 aromatic rings. The molecule has 1 saturated carbocycles. The van der Waals surface area contributed by atoms with Crippen LogP contribution in [0.5, 0.6) is 0 Å². The van der Waals surface area contributed by atoms with Crippen LogP contribution in [0.3, 0.4) is 0 Å². The van der Waals surface area contributed by atoms with Gasteiger partial charge >= 0.3 is 0 Å². The predicted octanol–water partition coefficient (Wildman–Crippen LogP) is 3.27. The van der Waals surface area contributed by atoms with Crippen LogP contribution in [0, 0.1) is 5.82 Å². The van der Waals surface area contributed by atoms with Gasteiger partial charge in [-0.1, -0.05) is 13.0 Å². The van der Waals surface area contributed by atoms with Gasteiger partial charge in [-0.05, 0) is 48.4 Å². The summed E-state index contributed by atoms with van der Waals surface area (Å²) in [6.07, 6.45) is 3.53. The van der Waals surface area contributed by atoms with E-state index in [1.807, 2.05) is 6.07 Å². The van der Waals surface area contributed by atoms with E-state index in [0.717, 1.165) is 12.3 Å². The van der Waals surface area contributed by atoms with Crippen molar-refractivity contribution in [2.75, 3.05) is 0 Å². The summed E-state index contributed by atoms with van der Waals surface area (Å²) in [6, 6.07) is 5.20. The Bertz CT molecular complexity index is 287. The third kappa shape index (κ3) is 1.36. The fraction of sp³-hybridized carbons (Fsp3) is 0.455. The molecule has 0 radical (unpaired) electrons. The van der Waals surface area contributed by atoms with E-state index in [1.54, 1.807) is 12.1 Å². The Morgan fingerprint density at radius 1 is 1.42 bits per heavy atom. The quantitative estimate of drug-likeness (QED) is 0.629. The van der Waals surface area contributed by atoms with Gasteiger partial charge in [-0.25, -0.2) is 4.39 Å². The molecule has 0 N–H and O–H groups in total. The Hall–Kier alpha value is -0.850. The van der Waals surface area contributed by atoms with Gasteiger partial charge in [0.2, 0.25) is 0 Å². The molecule has 1 heteroatoms. The van der Waals surface area contributed by atoms with Crippen LogP contribution in [-0.4, -0.2) is 0 Å². The third-order valence-electron chi connectivity index (χ3n) is 2.50. The Morgan fingerprint density at radius 3 is 2.75 bits per heavy atom. The molecule has 1 aliphatic carbocycles. The van der Waals surface area contributed by atoms with Crippen LogP contribution in [0.4, 0.5) is 4.39 Å². The molecule has 1 aliphatic rings. The first-order valence-electron chi connectivity index (χ1n) is 4.59. The normalized spacial score (nSPS) is 16.5. The molecule has 64 valence electrons. The molecule has 0 heterocycles. The van der Waals surface area contributed by atoms with Gasteiger partial charge in [-0.15, -0.1) is 0 Å². The highest BCUT2D eigenvalue weighted by molar-refractivity contribution is 5.33. The van der Waals surface area contributed by atoms with Crippen molar-refractivity contribution in [3.63, 3.8) is 0 Å². The zero-order valence-corrected chi connectivity index (χ0v) is 7.31. The van der Waals surface area contributed by atoms with Crippen molar-refractivity contribution in [2.24, 2.45) is 0 Å². The van der Waals surface area contributed by atoms with E-state index in [4.69, 9.17) is 0 Å². The van der Waals surface area contributed by atoms with E-state index in [-0.39, 0.29) is 5.82 Å². The van der Waals surface area contributed by atoms with Gasteiger partial charge in [0.1, 0.15) is 5.82 Å². The summed E-state index contributed by atoms with van der Waals surface area (Å²) >= 11 is 0. The monoisotopic (exact) mass is 164 g/mol. The van der Waals surface area contributed by atoms with E-state index in [0.29, 0.717) is 0 Å². The molecule has 0 nitrogen and oxygen atoms in total. The molecule has 0 aromatic heterocycles. The molecular formula is C11H13F. The summed E-state index contributed by atoms with van der Waals surface area (Å²) in [7, 11) is 0. The molecule has 12 heavy (non-hydrogen) atoms. The maximum Gasteiger partial charge on any atom is 0.123 e. The molecule has 0 atom stereocenters. The number of rotatable bonds is 2. The van der Waals surface area contributed by atoms with Crippen LogP contribution in [0.25, 0.3) is 0 Å². The van der Waals surface area contributed by atoms with Crippen LogP contribution >= 0.6 is 0 Å². The molecule has 0 saturated heterocycles. The maximum atomic E-state index is 12.8. The molecule has 0 spiro atoms. The Labute approximate surface area is 72.4 Å². The lowest BCUT2D eigenvalue weighted by Crippen LogP contribution is -1.91. The average Bonchev–Trinajstić information content (AvgIpc) is 2.87. The summed E-state index contributed by atoms with van der Waals surface area (Å²) < 4.78 is 12.8. The first-order chi connectivity index (χ1) is 5.81. The largest absolute Gasteiger partial charge is 0.207 e. The first-order valence-corrected chi connectivity index (χ1v) is 4.59. The summed E-state index contributed by atoms with van der Waals surface area (Å²) in [6.45, 7) is 2.08. The van der Waals surface area contributed by atoms with Crippen molar-refractivity contribution in [3.05, 3.63) is 35.1 Å². The highest BCUT2D eigenvalue weighted by Crippen LogP contribution is 2.41. The van der Waals surface area contributed by atoms with Gasteiger partial charge in [0.15, 0.2) is 0 Å². The van der Waals surface area contributed by atoms with Gasteiger partial charge in [-0.2, -0.15) is 0 Å². The maximum absolute atomic E-state index is 12.8. The second kappa shape index (κ2) is 2.89. The van der Waals surface area contributed by atoms with Crippen molar-refractivity contribution in [1.29, 1.82) is 0 Å². The number of benzene rings is 1. The molecule has 2 rings (SSSR count). The molecule has 0 amide bonds. The summed E-state index contributed by atoms with van der Waals surface area (Å²) in [5, 5.41) is 0. The van der Waals surface area contributed by atoms with Crippen molar-refractivity contribution in [1.82, 2.24) is 0 Å². The van der Waals surface area contributed by atoms with Crippen LogP contribution in [0.15, 0.2) is 18.2 Å². The molecule has 0 unspecified atom stereocenters. The van der Waals surface area contributed by atoms with E-state index in [9.17, 15) is 4.39 Å². The third-order valence-corrected chi connectivity index (χ3v) is 2.50. The van der Waals surface area contributed by atoms with Gasteiger partial charge in [-0.3, -0.25) is 0 Å². The molecular weight excluding hydrogens is 151 g/mol. The van der Waals surface area contributed by atoms with Gasteiger partial charge in [0, 0.05) is 0 Å². The number of hydrogen-bond acceptors (Lipinski definition) is 0. The lowest BCUT2D eigenvalue weighted by molar-refractivity contribution is 0.624. The first kappa shape index (κ1) is 7.78. The zero-order chi connectivity index (χ0) is 8.55. The zero-order valence-electron chi connectivity index (χ0n) is 7.31. The standard InChI is InChI=1S/C11H13F/c1-2-8-7-10(12)5-6-11(8)9-3-4-9/h5-7,9H,2-4H2,1H3. The molecule has 0 aliphatic heterocycles. The average molecular weight is 164 g/mol. The van der Waals surface area contributed by atoms with E-state index >= 15 is 0 Å². The van der Waals surface area contributed by atoms with Crippen LogP contribution < -0.4 is 0 Å². The SMILES string of the molecule is CCc1cc(F)ccc1C1CC1. The molecule has 1 aromatic carbocycles. The smallest absolute Gasteiger partial charge is 0.123 e. The van der Waals surface area contributed by atoms with Crippen molar-refractivity contribution >= 4 is 0 Å². The van der Waals surface area contributed by atoms with Gasteiger partial charge in [0.25, 0.3) is 0 Å². The van der Waals surface area contributed by atoms with Crippen LogP contribution in [-0.2, 0) is 6.42 Å². The van der Waals surface area contributed by atoms with Crippen LogP contribution in [0.2, 0.25) is 0 Å². The van der Waals surface area contributed by atoms with E-state index in [2.05, 4.69) is 6.92 Å². The second-order valence-electron chi connectivity index (χ2n) is 3.47. The summed E-state index contributed by atoms with van der Waals surface area (Å²) in [5.74, 6) is 0.636. The fourth-order valence-corrected chi connectivity index (χ4v) is 1.67. The topological polar surface area (TPSA) is 0 Å². The lowest BCUT2D eigenvalue weighted by atomic mass is 10.0. The van der Waals surface area contributed by atoms with Crippen molar-refractivity contribution in [3.8, 4) is 0 Å². The van der Waals surface area contributed by atoms with E-state index in [1.165, 1.54) is 24.0 Å². The number of halogens is 1. The Balaban J connectivity index is 2.38. The Morgan fingerprint density at radius 2 is 2.17 bits per heavy atom. The van der Waals surface area contributed by atoms with Crippen molar-refractivity contribution in [2.45, 2.75) is 32.1 Å². The highest BCUT2D eigenvalue weighted by atomic mass is 19.1. The number of hydrogen-bond donors (Lipinski definition) is 0. The molecule has 1 fully saturated rings. The number of aryl methyl sites for hydroxylation is 1. The van der Waals surface area contributed by atoms with Crippen molar-refractivity contribution < 1.29 is 4.39 Å². The highest BCUT2D eigenvalue weighted by Gasteiger charge is 2.25. The fourth-order valence-electron chi connectivity index (χ4n) is 1.67. The minimum Gasteiger partial charge on any atom is -0.207 e. The second-order valence-corrected chi connectivity index (χ2v) is 3.47. The summed E-state index contributed by atoms with van der Waals surface area (Å²) in [4.78, 5) is 0. The minimum absolute atomic E-state index is 0.101. The van der Waals surface area contributed by atoms with E-state index < -0.39 is 0 Å². The van der Waals surface area contributed by atoms with Gasteiger partial charge in [0.05, 0.1) is 0 Å². The van der Waals surface area contributed by atoms with Crippen LogP contribution in [0.1, 0.15) is 36.8 Å². The summed E-state index contributed by atoms with van der Waals surface area (Å²) in [5.41, 5.74) is 2.57. The predicted molar refractivity (Wildman–Crippen MR) is 47.8 cm³/mol. The molecule has 0 bridgehead atoms. The lowest BCUT2D eigenvalue weighted by Gasteiger charge is -2.05. The minimum atomic E-state index is -0.101. The Kier molecular flexibility index (Phi) is 1.87. The van der Waals surface area contributed by atoms with Gasteiger partial charge < -0.3 is 0 Å².